The van der Waals surface area contributed by atoms with E-state index < -0.39 is 6.16 Å². The van der Waals surface area contributed by atoms with Crippen LogP contribution in [0.25, 0.3) is 5.69 Å². The van der Waals surface area contributed by atoms with Crippen LogP contribution < -0.4 is 5.73 Å². The van der Waals surface area contributed by atoms with E-state index in [0.717, 1.165) is 30.3 Å². The van der Waals surface area contributed by atoms with Gasteiger partial charge in [-0.3, -0.25) is 0 Å². The Morgan fingerprint density at radius 1 is 1.35 bits per heavy atom. The van der Waals surface area contributed by atoms with Crippen molar-refractivity contribution < 1.29 is 19.4 Å². The Bertz CT molecular complexity index is 638. The van der Waals surface area contributed by atoms with E-state index in [1.54, 1.807) is 18.5 Å². The summed E-state index contributed by atoms with van der Waals surface area (Å²) in [7, 11) is 0. The first-order valence-corrected chi connectivity index (χ1v) is 7.43. The van der Waals surface area contributed by atoms with Crippen molar-refractivity contribution in [3.63, 3.8) is 0 Å². The second kappa shape index (κ2) is 7.73. The molecular formula is C16H20FN3O3. The van der Waals surface area contributed by atoms with Crippen LogP contribution in [0.1, 0.15) is 30.9 Å². The first-order valence-electron chi connectivity index (χ1n) is 7.43. The van der Waals surface area contributed by atoms with E-state index in [4.69, 9.17) is 20.7 Å². The summed E-state index contributed by atoms with van der Waals surface area (Å²) in [6.45, 7) is 0.771. The van der Waals surface area contributed by atoms with Gasteiger partial charge in [-0.2, -0.15) is 0 Å². The Morgan fingerprint density at radius 3 is 2.61 bits per heavy atom. The molecule has 1 saturated carbocycles. The maximum atomic E-state index is 12.9. The Balaban J connectivity index is 0.000000433. The molecule has 4 N–H and O–H groups in total. The molecule has 2 unspecified atom stereocenters. The summed E-state index contributed by atoms with van der Waals surface area (Å²) in [6.07, 6.45) is 5.55. The molecular weight excluding hydrogens is 301 g/mol. The van der Waals surface area contributed by atoms with E-state index in [1.165, 1.54) is 25.0 Å². The molecule has 0 aliphatic heterocycles. The van der Waals surface area contributed by atoms with Crippen molar-refractivity contribution in [3.8, 4) is 5.69 Å². The van der Waals surface area contributed by atoms with Crippen molar-refractivity contribution >= 4 is 6.16 Å². The molecule has 1 aromatic carbocycles. The second-order valence-corrected chi connectivity index (χ2v) is 5.50. The highest BCUT2D eigenvalue weighted by molar-refractivity contribution is 5.53. The van der Waals surface area contributed by atoms with Gasteiger partial charge in [-0.25, -0.2) is 14.2 Å². The summed E-state index contributed by atoms with van der Waals surface area (Å²) < 4.78 is 14.8. The van der Waals surface area contributed by atoms with Crippen LogP contribution in [-0.4, -0.2) is 32.5 Å². The van der Waals surface area contributed by atoms with Gasteiger partial charge in [-0.05, 0) is 56.0 Å². The molecule has 1 heterocycles. The summed E-state index contributed by atoms with van der Waals surface area (Å²) in [6, 6.07) is 6.46. The van der Waals surface area contributed by atoms with E-state index >= 15 is 0 Å². The Hall–Kier alpha value is -2.41. The lowest BCUT2D eigenvalue weighted by atomic mass is 10.1. The Labute approximate surface area is 133 Å². The van der Waals surface area contributed by atoms with Gasteiger partial charge >= 0.3 is 6.16 Å². The largest absolute Gasteiger partial charge is 0.503 e. The number of halogens is 1. The molecule has 124 valence electrons. The molecule has 1 aliphatic rings. The molecule has 3 rings (SSSR count). The van der Waals surface area contributed by atoms with Gasteiger partial charge in [0.25, 0.3) is 0 Å². The van der Waals surface area contributed by atoms with Gasteiger partial charge in [0.05, 0.1) is 12.0 Å². The molecule has 0 saturated heterocycles. The van der Waals surface area contributed by atoms with Gasteiger partial charge in [0.15, 0.2) is 0 Å². The van der Waals surface area contributed by atoms with Crippen molar-refractivity contribution in [2.24, 2.45) is 11.7 Å². The summed E-state index contributed by atoms with van der Waals surface area (Å²) in [4.78, 5) is 13.0. The summed E-state index contributed by atoms with van der Waals surface area (Å²) in [5, 5.41) is 13.9. The van der Waals surface area contributed by atoms with Crippen molar-refractivity contribution in [2.45, 2.75) is 25.2 Å². The van der Waals surface area contributed by atoms with Crippen LogP contribution in [0.5, 0.6) is 0 Å². The summed E-state index contributed by atoms with van der Waals surface area (Å²) in [5.41, 5.74) is 7.62. The first-order chi connectivity index (χ1) is 11.0. The highest BCUT2D eigenvalue weighted by Crippen LogP contribution is 2.49. The minimum absolute atomic E-state index is 0.215. The maximum Gasteiger partial charge on any atom is 0.503 e. The molecule has 1 fully saturated rings. The summed E-state index contributed by atoms with van der Waals surface area (Å²) in [5.74, 6) is 1.13. The van der Waals surface area contributed by atoms with Gasteiger partial charge in [-0.15, -0.1) is 0 Å². The molecule has 6 nitrogen and oxygen atoms in total. The number of hydrogen-bond donors (Lipinski definition) is 3. The van der Waals surface area contributed by atoms with Crippen LogP contribution in [0.15, 0.2) is 36.8 Å². The lowest BCUT2D eigenvalue weighted by Crippen LogP contribution is -1.98. The molecule has 23 heavy (non-hydrogen) atoms. The minimum atomic E-state index is -1.83. The number of hydrogen-bond acceptors (Lipinski definition) is 3. The molecule has 0 radical (unpaired) electrons. The zero-order chi connectivity index (χ0) is 16.8. The van der Waals surface area contributed by atoms with Gasteiger partial charge in [-0.1, -0.05) is 0 Å². The van der Waals surface area contributed by atoms with E-state index in [-0.39, 0.29) is 5.82 Å². The lowest BCUT2D eigenvalue weighted by molar-refractivity contribution is 0.137. The van der Waals surface area contributed by atoms with Crippen molar-refractivity contribution in [1.29, 1.82) is 0 Å². The highest BCUT2D eigenvalue weighted by atomic mass is 19.1. The van der Waals surface area contributed by atoms with Crippen molar-refractivity contribution in [1.82, 2.24) is 9.55 Å². The number of carboxylic acid groups (broad SMARTS) is 2. The number of rotatable bonds is 5. The average molecular weight is 321 g/mol. The maximum absolute atomic E-state index is 12.9. The fraction of sp³-hybridized carbons (Fsp3) is 0.375. The topological polar surface area (TPSA) is 101 Å². The Morgan fingerprint density at radius 2 is 2.00 bits per heavy atom. The smallest absolute Gasteiger partial charge is 0.450 e. The van der Waals surface area contributed by atoms with Crippen molar-refractivity contribution in [3.05, 3.63) is 48.3 Å². The van der Waals surface area contributed by atoms with Crippen LogP contribution in [0.2, 0.25) is 0 Å². The molecule has 0 amide bonds. The minimum Gasteiger partial charge on any atom is -0.450 e. The van der Waals surface area contributed by atoms with Gasteiger partial charge in [0.2, 0.25) is 0 Å². The predicted octanol–water partition coefficient (Wildman–Crippen LogP) is 3.08. The van der Waals surface area contributed by atoms with Crippen LogP contribution in [-0.2, 0) is 0 Å². The highest BCUT2D eigenvalue weighted by Gasteiger charge is 2.38. The standard InChI is InChI=1S/C15H18FN3.CH2O3/c16-12-3-5-13(6-4-12)19-9-15(18-10-19)14-8-11(14)2-1-7-17;2-1(3)4/h3-6,9-11,14H,1-2,7-8,17H2;(H2,2,3,4). The van der Waals surface area contributed by atoms with Crippen LogP contribution in [0, 0.1) is 11.7 Å². The fourth-order valence-electron chi connectivity index (χ4n) is 2.59. The summed E-state index contributed by atoms with van der Waals surface area (Å²) >= 11 is 0. The number of aromatic nitrogens is 2. The second-order valence-electron chi connectivity index (χ2n) is 5.50. The Kier molecular flexibility index (Phi) is 5.70. The number of nitrogens with zero attached hydrogens (tertiary/aromatic N) is 2. The van der Waals surface area contributed by atoms with Crippen LogP contribution in [0.3, 0.4) is 0 Å². The number of imidazole rings is 1. The van der Waals surface area contributed by atoms with Gasteiger partial charge < -0.3 is 20.5 Å². The molecule has 7 heteroatoms. The molecule has 1 aliphatic carbocycles. The normalized spacial score (nSPS) is 18.9. The first kappa shape index (κ1) is 17.0. The average Bonchev–Trinajstić information content (AvgIpc) is 3.11. The quantitative estimate of drug-likeness (QED) is 0.785. The monoisotopic (exact) mass is 321 g/mol. The predicted molar refractivity (Wildman–Crippen MR) is 83.3 cm³/mol. The van der Waals surface area contributed by atoms with Gasteiger partial charge in [0, 0.05) is 17.8 Å². The number of benzene rings is 1. The molecule has 0 bridgehead atoms. The third-order valence-corrected chi connectivity index (χ3v) is 3.81. The molecule has 2 atom stereocenters. The third kappa shape index (κ3) is 5.07. The molecule has 0 spiro atoms. The fourth-order valence-corrected chi connectivity index (χ4v) is 2.59. The van der Waals surface area contributed by atoms with Crippen LogP contribution >= 0.6 is 0 Å². The van der Waals surface area contributed by atoms with Crippen LogP contribution in [0.4, 0.5) is 9.18 Å². The van der Waals surface area contributed by atoms with E-state index in [9.17, 15) is 4.39 Å². The molecule has 2 aromatic rings. The molecule has 1 aromatic heterocycles. The number of nitrogens with two attached hydrogens (primary N) is 1. The number of carbonyl (C=O) groups is 1. The van der Waals surface area contributed by atoms with E-state index in [1.807, 2.05) is 4.57 Å². The van der Waals surface area contributed by atoms with E-state index in [2.05, 4.69) is 11.2 Å². The SMILES string of the molecule is NCCCC1CC1c1cn(-c2ccc(F)cc2)cn1.O=C(O)O. The zero-order valence-electron chi connectivity index (χ0n) is 12.6. The zero-order valence-corrected chi connectivity index (χ0v) is 12.6. The van der Waals surface area contributed by atoms with Gasteiger partial charge in [0.1, 0.15) is 5.82 Å². The lowest BCUT2D eigenvalue weighted by Gasteiger charge is -2.00. The third-order valence-electron chi connectivity index (χ3n) is 3.81. The van der Waals surface area contributed by atoms with E-state index in [0.29, 0.717) is 5.92 Å². The van der Waals surface area contributed by atoms with Crippen molar-refractivity contribution in [2.75, 3.05) is 6.54 Å².